The second-order valence-corrected chi connectivity index (χ2v) is 6.14. The first-order valence-corrected chi connectivity index (χ1v) is 8.53. The predicted octanol–water partition coefficient (Wildman–Crippen LogP) is 5.76. The molecule has 124 valence electrons. The molecular weight excluding hydrogens is 284 g/mol. The van der Waals surface area contributed by atoms with Crippen LogP contribution < -0.4 is 9.47 Å². The van der Waals surface area contributed by atoms with Crippen LogP contribution in [0.5, 0.6) is 11.5 Å². The van der Waals surface area contributed by atoms with E-state index in [-0.39, 0.29) is 0 Å². The highest BCUT2D eigenvalue weighted by Gasteiger charge is 2.08. The van der Waals surface area contributed by atoms with Gasteiger partial charge in [-0.1, -0.05) is 49.6 Å². The summed E-state index contributed by atoms with van der Waals surface area (Å²) in [6.07, 6.45) is 3.55. The largest absolute Gasteiger partial charge is 0.493 e. The summed E-state index contributed by atoms with van der Waals surface area (Å²) in [5, 5.41) is 0. The molecule has 0 radical (unpaired) electrons. The zero-order valence-electron chi connectivity index (χ0n) is 14.8. The maximum atomic E-state index is 5.99. The fourth-order valence-corrected chi connectivity index (χ4v) is 2.46. The molecule has 2 rings (SSSR count). The van der Waals surface area contributed by atoms with Gasteiger partial charge in [-0.15, -0.1) is 0 Å². The molecule has 23 heavy (non-hydrogen) atoms. The third-order valence-electron chi connectivity index (χ3n) is 4.21. The fourth-order valence-electron chi connectivity index (χ4n) is 2.46. The molecule has 0 N–H and O–H groups in total. The number of hydrogen-bond acceptors (Lipinski definition) is 2. The minimum Gasteiger partial charge on any atom is -0.493 e. The maximum absolute atomic E-state index is 5.99. The Hall–Kier alpha value is -1.96. The van der Waals surface area contributed by atoms with Crippen LogP contribution in [0.2, 0.25) is 0 Å². The van der Waals surface area contributed by atoms with Crippen molar-refractivity contribution in [1.29, 1.82) is 0 Å². The summed E-state index contributed by atoms with van der Waals surface area (Å²) in [7, 11) is 0. The molecule has 0 spiro atoms. The van der Waals surface area contributed by atoms with Crippen LogP contribution in [0.25, 0.3) is 0 Å². The van der Waals surface area contributed by atoms with Crippen molar-refractivity contribution in [2.24, 2.45) is 0 Å². The van der Waals surface area contributed by atoms with Gasteiger partial charge < -0.3 is 9.47 Å². The standard InChI is InChI=1S/C21H28O2/c1-5-6-7-14-22-20-12-13-21(18(4)17(20)3)23-15-19-10-8-16(2)9-11-19/h8-13H,5-7,14-15H2,1-4H3. The lowest BCUT2D eigenvalue weighted by molar-refractivity contribution is 0.294. The summed E-state index contributed by atoms with van der Waals surface area (Å²) in [6, 6.07) is 12.5. The lowest BCUT2D eigenvalue weighted by atomic mass is 10.1. The lowest BCUT2D eigenvalue weighted by Crippen LogP contribution is -2.02. The van der Waals surface area contributed by atoms with Gasteiger partial charge in [-0.05, 0) is 56.0 Å². The van der Waals surface area contributed by atoms with Crippen molar-refractivity contribution in [3.8, 4) is 11.5 Å². The number of rotatable bonds is 8. The van der Waals surface area contributed by atoms with Gasteiger partial charge in [0.15, 0.2) is 0 Å². The smallest absolute Gasteiger partial charge is 0.123 e. The first kappa shape index (κ1) is 17.4. The average molecular weight is 312 g/mol. The Bertz CT molecular complexity index is 614. The van der Waals surface area contributed by atoms with Crippen molar-refractivity contribution in [3.63, 3.8) is 0 Å². The SMILES string of the molecule is CCCCCOc1ccc(OCc2ccc(C)cc2)c(C)c1C. The summed E-state index contributed by atoms with van der Waals surface area (Å²) >= 11 is 0. The first-order valence-electron chi connectivity index (χ1n) is 8.53. The van der Waals surface area contributed by atoms with E-state index in [9.17, 15) is 0 Å². The van der Waals surface area contributed by atoms with E-state index in [0.29, 0.717) is 6.61 Å². The molecule has 0 fully saturated rings. The van der Waals surface area contributed by atoms with Gasteiger partial charge in [0.2, 0.25) is 0 Å². The average Bonchev–Trinajstić information content (AvgIpc) is 2.56. The van der Waals surface area contributed by atoms with Gasteiger partial charge in [0.05, 0.1) is 6.61 Å². The third-order valence-corrected chi connectivity index (χ3v) is 4.21. The first-order chi connectivity index (χ1) is 11.1. The Morgan fingerprint density at radius 1 is 0.739 bits per heavy atom. The molecule has 0 aliphatic rings. The molecule has 0 amide bonds. The van der Waals surface area contributed by atoms with Crippen LogP contribution in [0.15, 0.2) is 36.4 Å². The van der Waals surface area contributed by atoms with Crippen molar-refractivity contribution < 1.29 is 9.47 Å². The molecule has 2 nitrogen and oxygen atoms in total. The molecule has 0 bridgehead atoms. The highest BCUT2D eigenvalue weighted by atomic mass is 16.5. The minimum atomic E-state index is 0.595. The zero-order valence-corrected chi connectivity index (χ0v) is 14.8. The van der Waals surface area contributed by atoms with E-state index in [0.717, 1.165) is 30.1 Å². The summed E-state index contributed by atoms with van der Waals surface area (Å²) in [4.78, 5) is 0. The summed E-state index contributed by atoms with van der Waals surface area (Å²) in [6.45, 7) is 9.88. The minimum absolute atomic E-state index is 0.595. The van der Waals surface area contributed by atoms with Crippen LogP contribution in [0, 0.1) is 20.8 Å². The molecule has 0 unspecified atom stereocenters. The number of benzene rings is 2. The van der Waals surface area contributed by atoms with Crippen molar-refractivity contribution in [1.82, 2.24) is 0 Å². The van der Waals surface area contributed by atoms with Gasteiger partial charge >= 0.3 is 0 Å². The van der Waals surface area contributed by atoms with Gasteiger partial charge in [-0.3, -0.25) is 0 Å². The van der Waals surface area contributed by atoms with Gasteiger partial charge in [-0.2, -0.15) is 0 Å². The number of aryl methyl sites for hydroxylation is 1. The topological polar surface area (TPSA) is 18.5 Å². The van der Waals surface area contributed by atoms with E-state index in [1.165, 1.54) is 29.5 Å². The molecular formula is C21H28O2. The predicted molar refractivity (Wildman–Crippen MR) is 96.4 cm³/mol. The maximum Gasteiger partial charge on any atom is 0.123 e. The molecule has 2 heteroatoms. The highest BCUT2D eigenvalue weighted by molar-refractivity contribution is 5.47. The van der Waals surface area contributed by atoms with Crippen LogP contribution in [-0.4, -0.2) is 6.61 Å². The van der Waals surface area contributed by atoms with Crippen LogP contribution in [-0.2, 0) is 6.61 Å². The normalized spacial score (nSPS) is 10.6. The van der Waals surface area contributed by atoms with Crippen LogP contribution in [0.1, 0.15) is 48.4 Å². The Morgan fingerprint density at radius 2 is 1.35 bits per heavy atom. The summed E-state index contributed by atoms with van der Waals surface area (Å²) in [5.41, 5.74) is 4.78. The molecule has 0 aromatic heterocycles. The van der Waals surface area contributed by atoms with Gasteiger partial charge in [-0.25, -0.2) is 0 Å². The van der Waals surface area contributed by atoms with E-state index < -0.39 is 0 Å². The van der Waals surface area contributed by atoms with Gasteiger partial charge in [0.1, 0.15) is 18.1 Å². The molecule has 0 aliphatic heterocycles. The van der Waals surface area contributed by atoms with Crippen molar-refractivity contribution in [2.75, 3.05) is 6.61 Å². The van der Waals surface area contributed by atoms with Crippen molar-refractivity contribution in [3.05, 3.63) is 58.7 Å². The molecule has 0 heterocycles. The Kier molecular flexibility index (Phi) is 6.52. The second-order valence-electron chi connectivity index (χ2n) is 6.14. The van der Waals surface area contributed by atoms with E-state index in [4.69, 9.17) is 9.47 Å². The molecule has 0 saturated heterocycles. The summed E-state index contributed by atoms with van der Waals surface area (Å²) < 4.78 is 11.9. The van der Waals surface area contributed by atoms with Gasteiger partial charge in [0, 0.05) is 0 Å². The van der Waals surface area contributed by atoms with E-state index in [1.807, 2.05) is 12.1 Å². The highest BCUT2D eigenvalue weighted by Crippen LogP contribution is 2.29. The number of unbranched alkanes of at least 4 members (excludes halogenated alkanes) is 2. The molecule has 2 aromatic carbocycles. The Balaban J connectivity index is 1.97. The Morgan fingerprint density at radius 3 is 1.96 bits per heavy atom. The zero-order chi connectivity index (χ0) is 16.7. The fraction of sp³-hybridized carbons (Fsp3) is 0.429. The van der Waals surface area contributed by atoms with Crippen LogP contribution in [0.4, 0.5) is 0 Å². The Labute approximate surface area is 140 Å². The van der Waals surface area contributed by atoms with Gasteiger partial charge in [0.25, 0.3) is 0 Å². The van der Waals surface area contributed by atoms with Crippen molar-refractivity contribution >= 4 is 0 Å². The third kappa shape index (κ3) is 5.02. The molecule has 2 aromatic rings. The van der Waals surface area contributed by atoms with E-state index in [2.05, 4.69) is 52.0 Å². The lowest BCUT2D eigenvalue weighted by Gasteiger charge is -2.15. The van der Waals surface area contributed by atoms with Crippen molar-refractivity contribution in [2.45, 2.75) is 53.6 Å². The quantitative estimate of drug-likeness (QED) is 0.577. The number of hydrogen-bond donors (Lipinski definition) is 0. The van der Waals surface area contributed by atoms with Crippen LogP contribution >= 0.6 is 0 Å². The van der Waals surface area contributed by atoms with Crippen LogP contribution in [0.3, 0.4) is 0 Å². The monoisotopic (exact) mass is 312 g/mol. The second kappa shape index (κ2) is 8.61. The molecule has 0 saturated carbocycles. The molecule has 0 aliphatic carbocycles. The number of ether oxygens (including phenoxy) is 2. The van der Waals surface area contributed by atoms with E-state index >= 15 is 0 Å². The van der Waals surface area contributed by atoms with E-state index in [1.54, 1.807) is 0 Å². The summed E-state index contributed by atoms with van der Waals surface area (Å²) in [5.74, 6) is 1.91. The molecule has 0 atom stereocenters.